The molecule has 0 amide bonds. The molecule has 2 aliphatic rings. The Labute approximate surface area is 127 Å². The molecule has 0 aliphatic heterocycles. The molecule has 0 aromatic heterocycles. The van der Waals surface area contributed by atoms with Crippen LogP contribution in [-0.4, -0.2) is 48.6 Å². The zero-order valence-electron chi connectivity index (χ0n) is 13.3. The molecule has 2 rings (SSSR count). The van der Waals surface area contributed by atoms with Crippen LogP contribution in [-0.2, 0) is 14.3 Å². The van der Waals surface area contributed by atoms with Crippen molar-refractivity contribution in [2.24, 2.45) is 5.92 Å². The molecule has 2 atom stereocenters. The highest BCUT2D eigenvalue weighted by molar-refractivity contribution is 5.80. The second-order valence-electron chi connectivity index (χ2n) is 6.60. The van der Waals surface area contributed by atoms with E-state index in [4.69, 9.17) is 9.47 Å². The Hall–Kier alpha value is -0.650. The van der Waals surface area contributed by atoms with Crippen molar-refractivity contribution in [2.75, 3.05) is 19.8 Å². The van der Waals surface area contributed by atoms with Crippen molar-refractivity contribution in [3.63, 3.8) is 0 Å². The van der Waals surface area contributed by atoms with Crippen molar-refractivity contribution in [1.82, 2.24) is 5.32 Å². The van der Waals surface area contributed by atoms with Crippen LogP contribution in [0.2, 0.25) is 0 Å². The van der Waals surface area contributed by atoms with Gasteiger partial charge in [0.15, 0.2) is 0 Å². The largest absolute Gasteiger partial charge is 0.480 e. The lowest BCUT2D eigenvalue weighted by Gasteiger charge is -2.32. The highest BCUT2D eigenvalue weighted by Crippen LogP contribution is 2.40. The normalized spacial score (nSPS) is 29.2. The lowest BCUT2D eigenvalue weighted by molar-refractivity contribution is -0.147. The minimum atomic E-state index is -0.709. The molecule has 2 unspecified atom stereocenters. The Kier molecular flexibility index (Phi) is 6.02. The number of rotatable bonds is 10. The lowest BCUT2D eigenvalue weighted by Crippen LogP contribution is -2.55. The molecule has 0 aromatic carbocycles. The monoisotopic (exact) mass is 299 g/mol. The fourth-order valence-electron chi connectivity index (χ4n) is 3.26. The predicted octanol–water partition coefficient (Wildman–Crippen LogP) is 2.19. The van der Waals surface area contributed by atoms with Gasteiger partial charge in [-0.3, -0.25) is 10.1 Å². The van der Waals surface area contributed by atoms with Gasteiger partial charge in [-0.25, -0.2) is 0 Å². The van der Waals surface area contributed by atoms with E-state index in [1.54, 1.807) is 0 Å². The van der Waals surface area contributed by atoms with E-state index in [1.165, 1.54) is 0 Å². The molecule has 0 saturated heterocycles. The summed E-state index contributed by atoms with van der Waals surface area (Å²) >= 11 is 0. The van der Waals surface area contributed by atoms with Crippen LogP contribution in [0, 0.1) is 5.92 Å². The van der Waals surface area contributed by atoms with Crippen molar-refractivity contribution in [2.45, 2.75) is 70.1 Å². The van der Waals surface area contributed by atoms with Gasteiger partial charge in [0, 0.05) is 12.6 Å². The summed E-state index contributed by atoms with van der Waals surface area (Å²) in [6.07, 6.45) is 6.00. The van der Waals surface area contributed by atoms with Crippen molar-refractivity contribution < 1.29 is 19.4 Å². The number of carboxylic acid groups (broad SMARTS) is 1. The van der Waals surface area contributed by atoms with Gasteiger partial charge in [-0.05, 0) is 51.9 Å². The van der Waals surface area contributed by atoms with E-state index in [9.17, 15) is 9.90 Å². The lowest BCUT2D eigenvalue weighted by atomic mass is 9.84. The van der Waals surface area contributed by atoms with Gasteiger partial charge in [0.2, 0.25) is 0 Å². The summed E-state index contributed by atoms with van der Waals surface area (Å²) < 4.78 is 11.0. The minimum absolute atomic E-state index is 0.182. The van der Waals surface area contributed by atoms with Crippen molar-refractivity contribution >= 4 is 5.97 Å². The molecule has 0 aromatic rings. The first-order valence-corrected chi connectivity index (χ1v) is 8.25. The van der Waals surface area contributed by atoms with Gasteiger partial charge in [0.05, 0.1) is 19.3 Å². The first kappa shape index (κ1) is 16.7. The molecule has 5 nitrogen and oxygen atoms in total. The Balaban J connectivity index is 1.73. The van der Waals surface area contributed by atoms with E-state index in [0.29, 0.717) is 25.9 Å². The van der Waals surface area contributed by atoms with E-state index >= 15 is 0 Å². The number of hydrogen-bond acceptors (Lipinski definition) is 4. The molecule has 0 spiro atoms. The molecule has 21 heavy (non-hydrogen) atoms. The molecule has 2 N–H and O–H groups in total. The molecule has 122 valence electrons. The van der Waals surface area contributed by atoms with Gasteiger partial charge in [0.25, 0.3) is 0 Å². The predicted molar refractivity (Wildman–Crippen MR) is 80.4 cm³/mol. The minimum Gasteiger partial charge on any atom is -0.480 e. The Morgan fingerprint density at radius 1 is 1.29 bits per heavy atom. The highest BCUT2D eigenvalue weighted by Gasteiger charge is 2.50. The second-order valence-corrected chi connectivity index (χ2v) is 6.60. The fraction of sp³-hybridized carbons (Fsp3) is 0.938. The third kappa shape index (κ3) is 4.66. The van der Waals surface area contributed by atoms with Crippen molar-refractivity contribution in [3.05, 3.63) is 0 Å². The molecule has 2 saturated carbocycles. The summed E-state index contributed by atoms with van der Waals surface area (Å²) in [6, 6.07) is 0.419. The standard InChI is InChI=1S/C16H29NO4/c1-12(2)21-11-10-20-9-7-13-4-3-8-16(13,15(18)19)17-14-5-6-14/h12-14,17H,3-11H2,1-2H3,(H,18,19). The zero-order valence-corrected chi connectivity index (χ0v) is 13.3. The zero-order chi connectivity index (χ0) is 15.3. The van der Waals surface area contributed by atoms with Crippen LogP contribution in [0.3, 0.4) is 0 Å². The topological polar surface area (TPSA) is 67.8 Å². The van der Waals surface area contributed by atoms with E-state index in [1.807, 2.05) is 13.8 Å². The first-order valence-electron chi connectivity index (χ1n) is 8.25. The SMILES string of the molecule is CC(C)OCCOCCC1CCCC1(NC1CC1)C(=O)O. The molecular formula is C16H29NO4. The summed E-state index contributed by atoms with van der Waals surface area (Å²) in [5.41, 5.74) is -0.709. The van der Waals surface area contributed by atoms with Gasteiger partial charge in [-0.2, -0.15) is 0 Å². The average molecular weight is 299 g/mol. The number of nitrogens with one attached hydrogen (secondary N) is 1. The van der Waals surface area contributed by atoms with Gasteiger partial charge in [-0.15, -0.1) is 0 Å². The van der Waals surface area contributed by atoms with Crippen LogP contribution in [0.4, 0.5) is 0 Å². The van der Waals surface area contributed by atoms with Crippen LogP contribution in [0.25, 0.3) is 0 Å². The highest BCUT2D eigenvalue weighted by atomic mass is 16.5. The second kappa shape index (κ2) is 7.56. The average Bonchev–Trinajstić information content (AvgIpc) is 3.13. The van der Waals surface area contributed by atoms with Crippen LogP contribution < -0.4 is 5.32 Å². The van der Waals surface area contributed by atoms with Gasteiger partial charge in [-0.1, -0.05) is 6.42 Å². The van der Waals surface area contributed by atoms with Crippen molar-refractivity contribution in [1.29, 1.82) is 0 Å². The van der Waals surface area contributed by atoms with Crippen molar-refractivity contribution in [3.8, 4) is 0 Å². The van der Waals surface area contributed by atoms with E-state index in [0.717, 1.165) is 38.5 Å². The van der Waals surface area contributed by atoms with E-state index in [2.05, 4.69) is 5.32 Å². The van der Waals surface area contributed by atoms with Crippen LogP contribution in [0.15, 0.2) is 0 Å². The summed E-state index contributed by atoms with van der Waals surface area (Å²) in [4.78, 5) is 11.8. The third-order valence-electron chi connectivity index (χ3n) is 4.53. The number of ether oxygens (including phenoxy) is 2. The third-order valence-corrected chi connectivity index (χ3v) is 4.53. The van der Waals surface area contributed by atoms with Crippen LogP contribution >= 0.6 is 0 Å². The number of carboxylic acids is 1. The molecule has 2 fully saturated rings. The molecule has 0 radical (unpaired) electrons. The maximum absolute atomic E-state index is 11.8. The number of aliphatic carboxylic acids is 1. The van der Waals surface area contributed by atoms with E-state index < -0.39 is 11.5 Å². The summed E-state index contributed by atoms with van der Waals surface area (Å²) in [7, 11) is 0. The Bertz CT molecular complexity index is 343. The first-order chi connectivity index (χ1) is 10.0. The van der Waals surface area contributed by atoms with Crippen LogP contribution in [0.5, 0.6) is 0 Å². The summed E-state index contributed by atoms with van der Waals surface area (Å²) in [6.45, 7) is 5.81. The summed E-state index contributed by atoms with van der Waals surface area (Å²) in [5, 5.41) is 13.1. The smallest absolute Gasteiger partial charge is 0.324 e. The molecular weight excluding hydrogens is 270 g/mol. The molecule has 2 aliphatic carbocycles. The molecule has 5 heteroatoms. The maximum Gasteiger partial charge on any atom is 0.324 e. The van der Waals surface area contributed by atoms with Crippen LogP contribution in [0.1, 0.15) is 52.4 Å². The number of carbonyl (C=O) groups is 1. The van der Waals surface area contributed by atoms with E-state index in [-0.39, 0.29) is 12.0 Å². The quantitative estimate of drug-likeness (QED) is 0.605. The van der Waals surface area contributed by atoms with Gasteiger partial charge < -0.3 is 14.6 Å². The molecule has 0 bridgehead atoms. The fourth-order valence-corrected chi connectivity index (χ4v) is 3.26. The maximum atomic E-state index is 11.8. The molecule has 0 heterocycles. The Morgan fingerprint density at radius 2 is 2.05 bits per heavy atom. The number of hydrogen-bond donors (Lipinski definition) is 2. The van der Waals surface area contributed by atoms with Gasteiger partial charge in [0.1, 0.15) is 5.54 Å². The Morgan fingerprint density at radius 3 is 2.67 bits per heavy atom. The summed E-state index contributed by atoms with van der Waals surface area (Å²) in [5.74, 6) is -0.498. The van der Waals surface area contributed by atoms with Gasteiger partial charge >= 0.3 is 5.97 Å².